The van der Waals surface area contributed by atoms with Gasteiger partial charge in [0.05, 0.1) is 12.2 Å². The summed E-state index contributed by atoms with van der Waals surface area (Å²) in [6, 6.07) is 0. The van der Waals surface area contributed by atoms with Gasteiger partial charge in [0.2, 0.25) is 0 Å². The van der Waals surface area contributed by atoms with Crippen molar-refractivity contribution in [2.24, 2.45) is 0 Å². The van der Waals surface area contributed by atoms with Crippen LogP contribution in [0, 0.1) is 4.77 Å². The third-order valence-electron chi connectivity index (χ3n) is 3.77. The molecular formula is C13H21N3O2S. The van der Waals surface area contributed by atoms with Crippen molar-refractivity contribution < 1.29 is 9.47 Å². The summed E-state index contributed by atoms with van der Waals surface area (Å²) in [5.74, 6) is 1.15. The zero-order valence-electron chi connectivity index (χ0n) is 11.5. The van der Waals surface area contributed by atoms with Crippen molar-refractivity contribution in [3.05, 3.63) is 23.3 Å². The number of hydrogen-bond donors (Lipinski definition) is 1. The molecular weight excluding hydrogens is 262 g/mol. The molecule has 0 amide bonds. The van der Waals surface area contributed by atoms with Crippen molar-refractivity contribution >= 4 is 12.2 Å². The number of rotatable bonds is 5. The minimum Gasteiger partial charge on any atom is -0.379 e. The van der Waals surface area contributed by atoms with Gasteiger partial charge < -0.3 is 9.47 Å². The molecule has 106 valence electrons. The van der Waals surface area contributed by atoms with Crippen molar-refractivity contribution in [1.82, 2.24) is 14.8 Å². The van der Waals surface area contributed by atoms with Gasteiger partial charge in [-0.05, 0) is 31.5 Å². The van der Waals surface area contributed by atoms with Crippen LogP contribution in [-0.4, -0.2) is 41.2 Å². The number of aromatic nitrogens is 3. The quantitative estimate of drug-likeness (QED) is 0.666. The van der Waals surface area contributed by atoms with Gasteiger partial charge in [0.25, 0.3) is 0 Å². The van der Waals surface area contributed by atoms with Gasteiger partial charge >= 0.3 is 0 Å². The van der Waals surface area contributed by atoms with Gasteiger partial charge in [-0.15, -0.1) is 6.58 Å². The van der Waals surface area contributed by atoms with E-state index in [2.05, 4.69) is 16.8 Å². The van der Waals surface area contributed by atoms with Crippen LogP contribution in [0.4, 0.5) is 0 Å². The molecule has 0 radical (unpaired) electrons. The van der Waals surface area contributed by atoms with Crippen molar-refractivity contribution in [1.29, 1.82) is 0 Å². The van der Waals surface area contributed by atoms with E-state index in [0.717, 1.165) is 25.1 Å². The summed E-state index contributed by atoms with van der Waals surface area (Å²) in [7, 11) is 3.47. The Balaban J connectivity index is 2.33. The average molecular weight is 283 g/mol. The van der Waals surface area contributed by atoms with Crippen LogP contribution in [0.5, 0.6) is 0 Å². The minimum atomic E-state index is 0.0208. The zero-order chi connectivity index (χ0) is 13.8. The van der Waals surface area contributed by atoms with Gasteiger partial charge in [0.15, 0.2) is 4.77 Å². The SMILES string of the molecule is C=CCn1c(C2CCCC(OC)C2OC)n[nH]c1=S. The summed E-state index contributed by atoms with van der Waals surface area (Å²) >= 11 is 5.27. The van der Waals surface area contributed by atoms with Crippen molar-refractivity contribution in [3.63, 3.8) is 0 Å². The smallest absolute Gasteiger partial charge is 0.195 e. The molecule has 0 bridgehead atoms. The second-order valence-corrected chi connectivity index (χ2v) is 5.18. The number of ether oxygens (including phenoxy) is 2. The van der Waals surface area contributed by atoms with Gasteiger partial charge in [-0.25, -0.2) is 0 Å². The van der Waals surface area contributed by atoms with Crippen molar-refractivity contribution in [2.45, 2.75) is 43.9 Å². The first-order valence-electron chi connectivity index (χ1n) is 6.54. The van der Waals surface area contributed by atoms with Crippen LogP contribution in [-0.2, 0) is 16.0 Å². The third-order valence-corrected chi connectivity index (χ3v) is 4.08. The molecule has 5 nitrogen and oxygen atoms in total. The molecule has 3 atom stereocenters. The fourth-order valence-corrected chi connectivity index (χ4v) is 3.10. The lowest BCUT2D eigenvalue weighted by atomic mass is 9.83. The molecule has 1 fully saturated rings. The lowest BCUT2D eigenvalue weighted by Gasteiger charge is -2.35. The number of nitrogens with zero attached hydrogens (tertiary/aromatic N) is 2. The van der Waals surface area contributed by atoms with E-state index in [0.29, 0.717) is 11.3 Å². The van der Waals surface area contributed by atoms with Crippen LogP contribution in [0.3, 0.4) is 0 Å². The van der Waals surface area contributed by atoms with Crippen molar-refractivity contribution in [2.75, 3.05) is 14.2 Å². The maximum Gasteiger partial charge on any atom is 0.195 e. The lowest BCUT2D eigenvalue weighted by molar-refractivity contribution is -0.0709. The second kappa shape index (κ2) is 6.45. The van der Waals surface area contributed by atoms with Gasteiger partial charge in [-0.3, -0.25) is 9.67 Å². The molecule has 1 aliphatic rings. The Morgan fingerprint density at radius 2 is 2.26 bits per heavy atom. The highest BCUT2D eigenvalue weighted by Gasteiger charge is 2.37. The number of methoxy groups -OCH3 is 2. The Bertz CT molecular complexity index is 482. The summed E-state index contributed by atoms with van der Waals surface area (Å²) in [6.07, 6.45) is 5.13. The molecule has 3 unspecified atom stereocenters. The van der Waals surface area contributed by atoms with E-state index in [1.165, 1.54) is 0 Å². The summed E-state index contributed by atoms with van der Waals surface area (Å²) < 4.78 is 13.8. The van der Waals surface area contributed by atoms with E-state index in [1.54, 1.807) is 14.2 Å². The Labute approximate surface area is 118 Å². The molecule has 0 aromatic carbocycles. The third kappa shape index (κ3) is 2.80. The molecule has 1 saturated carbocycles. The topological polar surface area (TPSA) is 52.1 Å². The molecule has 1 heterocycles. The normalized spacial score (nSPS) is 27.4. The fourth-order valence-electron chi connectivity index (χ4n) is 2.89. The first kappa shape index (κ1) is 14.4. The molecule has 19 heavy (non-hydrogen) atoms. The second-order valence-electron chi connectivity index (χ2n) is 4.80. The number of H-pyrrole nitrogens is 1. The highest BCUT2D eigenvalue weighted by Crippen LogP contribution is 2.35. The van der Waals surface area contributed by atoms with Gasteiger partial charge in [-0.2, -0.15) is 5.10 Å². The summed E-state index contributed by atoms with van der Waals surface area (Å²) in [6.45, 7) is 4.43. The van der Waals surface area contributed by atoms with Gasteiger partial charge in [0.1, 0.15) is 5.82 Å². The number of allylic oxidation sites excluding steroid dienone is 1. The van der Waals surface area contributed by atoms with Crippen molar-refractivity contribution in [3.8, 4) is 0 Å². The van der Waals surface area contributed by atoms with Gasteiger partial charge in [-0.1, -0.05) is 6.08 Å². The molecule has 6 heteroatoms. The molecule has 1 aromatic rings. The Morgan fingerprint density at radius 3 is 2.89 bits per heavy atom. The van der Waals surface area contributed by atoms with E-state index in [4.69, 9.17) is 21.7 Å². The Hall–Kier alpha value is -0.980. The maximum absolute atomic E-state index is 5.65. The van der Waals surface area contributed by atoms with Crippen LogP contribution in [0.2, 0.25) is 0 Å². The summed E-state index contributed by atoms with van der Waals surface area (Å²) in [5.41, 5.74) is 0. The van der Waals surface area contributed by atoms with E-state index in [1.807, 2.05) is 10.6 Å². The van der Waals surface area contributed by atoms with E-state index in [-0.39, 0.29) is 18.1 Å². The molecule has 0 saturated heterocycles. The summed E-state index contributed by atoms with van der Waals surface area (Å²) in [4.78, 5) is 0. The molecule has 0 spiro atoms. The zero-order valence-corrected chi connectivity index (χ0v) is 12.3. The molecule has 0 aliphatic heterocycles. The maximum atomic E-state index is 5.65. The molecule has 1 aromatic heterocycles. The van der Waals surface area contributed by atoms with E-state index in [9.17, 15) is 0 Å². The number of aromatic amines is 1. The first-order valence-corrected chi connectivity index (χ1v) is 6.95. The highest BCUT2D eigenvalue weighted by molar-refractivity contribution is 7.71. The largest absolute Gasteiger partial charge is 0.379 e. The minimum absolute atomic E-state index is 0.0208. The van der Waals surface area contributed by atoms with Crippen LogP contribution in [0.25, 0.3) is 0 Å². The monoisotopic (exact) mass is 283 g/mol. The lowest BCUT2D eigenvalue weighted by Crippen LogP contribution is -2.40. The Morgan fingerprint density at radius 1 is 1.47 bits per heavy atom. The Kier molecular flexibility index (Phi) is 4.90. The standard InChI is InChI=1S/C13H21N3O2S/c1-4-8-16-12(14-15-13(16)19)9-6-5-7-10(17-2)11(9)18-3/h4,9-11H,1,5-8H2,2-3H3,(H,15,19). The summed E-state index contributed by atoms with van der Waals surface area (Å²) in [5, 5.41) is 7.26. The van der Waals surface area contributed by atoms with Gasteiger partial charge in [0, 0.05) is 26.7 Å². The van der Waals surface area contributed by atoms with Crippen LogP contribution in [0.15, 0.2) is 12.7 Å². The highest BCUT2D eigenvalue weighted by atomic mass is 32.1. The molecule has 1 N–H and O–H groups in total. The first-order chi connectivity index (χ1) is 9.22. The van der Waals surface area contributed by atoms with Crippen LogP contribution in [0.1, 0.15) is 31.0 Å². The number of nitrogens with one attached hydrogen (secondary N) is 1. The van der Waals surface area contributed by atoms with E-state index >= 15 is 0 Å². The average Bonchev–Trinajstić information content (AvgIpc) is 2.79. The predicted molar refractivity (Wildman–Crippen MR) is 75.8 cm³/mol. The molecule has 1 aliphatic carbocycles. The van der Waals surface area contributed by atoms with E-state index < -0.39 is 0 Å². The van der Waals surface area contributed by atoms with Crippen LogP contribution >= 0.6 is 12.2 Å². The van der Waals surface area contributed by atoms with Crippen LogP contribution < -0.4 is 0 Å². The fraction of sp³-hybridized carbons (Fsp3) is 0.692. The molecule has 2 rings (SSSR count). The number of hydrogen-bond acceptors (Lipinski definition) is 4. The predicted octanol–water partition coefficient (Wildman–Crippen LogP) is 2.42.